The molecule has 0 radical (unpaired) electrons. The molecule has 122 valence electrons. The predicted molar refractivity (Wildman–Crippen MR) is 88.0 cm³/mol. The van der Waals surface area contributed by atoms with Gasteiger partial charge in [0.25, 0.3) is 5.91 Å². The molecule has 1 aromatic rings. The Bertz CT molecular complexity index is 515. The van der Waals surface area contributed by atoms with Crippen LogP contribution in [-0.2, 0) is 6.67 Å². The number of hydrogen-bond donors (Lipinski definition) is 1. The molecule has 1 aliphatic rings. The second kappa shape index (κ2) is 7.93. The lowest BCUT2D eigenvalue weighted by atomic mass is 10.0. The summed E-state index contributed by atoms with van der Waals surface area (Å²) in [6.45, 7) is 6.53. The highest BCUT2D eigenvalue weighted by atomic mass is 35.5. The molecule has 2 rings (SSSR count). The van der Waals surface area contributed by atoms with Gasteiger partial charge in [-0.05, 0) is 55.6 Å². The van der Waals surface area contributed by atoms with E-state index in [1.54, 1.807) is 12.1 Å². The number of rotatable bonds is 6. The van der Waals surface area contributed by atoms with Crippen LogP contribution in [0.25, 0.3) is 0 Å². The molecular formula is C17H24ClFN2O. The summed E-state index contributed by atoms with van der Waals surface area (Å²) in [6.07, 6.45) is 2.45. The molecule has 1 unspecified atom stereocenters. The standard InChI is InChI=1S/C17H24ClFN2O/c1-12(2)16(11-21-7-3-4-8-21)20-17(22)15-6-5-14(18)9-13(15)10-19/h5-6,9,12,16H,3-4,7-8,10-11H2,1-2H3,(H,20,22). The quantitative estimate of drug-likeness (QED) is 0.865. The van der Waals surface area contributed by atoms with Gasteiger partial charge in [0.05, 0.1) is 0 Å². The van der Waals surface area contributed by atoms with Crippen LogP contribution in [0.15, 0.2) is 18.2 Å². The predicted octanol–water partition coefficient (Wildman–Crippen LogP) is 3.66. The molecule has 1 aromatic carbocycles. The summed E-state index contributed by atoms with van der Waals surface area (Å²) in [5, 5.41) is 3.51. The van der Waals surface area contributed by atoms with E-state index in [0.717, 1.165) is 19.6 Å². The van der Waals surface area contributed by atoms with E-state index in [0.29, 0.717) is 22.1 Å². The second-order valence-electron chi connectivity index (χ2n) is 6.27. The average molecular weight is 327 g/mol. The Morgan fingerprint density at radius 2 is 2.05 bits per heavy atom. The average Bonchev–Trinajstić information content (AvgIpc) is 2.99. The van der Waals surface area contributed by atoms with Crippen molar-refractivity contribution in [1.82, 2.24) is 10.2 Å². The van der Waals surface area contributed by atoms with E-state index in [9.17, 15) is 9.18 Å². The van der Waals surface area contributed by atoms with Gasteiger partial charge in [-0.3, -0.25) is 4.79 Å². The number of hydrogen-bond acceptors (Lipinski definition) is 2. The zero-order chi connectivity index (χ0) is 16.1. The van der Waals surface area contributed by atoms with Gasteiger partial charge in [0.15, 0.2) is 0 Å². The molecule has 1 heterocycles. The van der Waals surface area contributed by atoms with E-state index in [1.807, 2.05) is 0 Å². The van der Waals surface area contributed by atoms with Crippen molar-refractivity contribution >= 4 is 17.5 Å². The van der Waals surface area contributed by atoms with Crippen LogP contribution in [0.4, 0.5) is 4.39 Å². The number of halogens is 2. The number of benzene rings is 1. The van der Waals surface area contributed by atoms with E-state index < -0.39 is 6.67 Å². The number of nitrogens with zero attached hydrogens (tertiary/aromatic N) is 1. The van der Waals surface area contributed by atoms with Crippen LogP contribution >= 0.6 is 11.6 Å². The third-order valence-corrected chi connectivity index (χ3v) is 4.47. The summed E-state index contributed by atoms with van der Waals surface area (Å²) in [5.41, 5.74) is 0.715. The van der Waals surface area contributed by atoms with E-state index in [2.05, 4.69) is 24.1 Å². The molecule has 1 aliphatic heterocycles. The van der Waals surface area contributed by atoms with Gasteiger partial charge in [-0.2, -0.15) is 0 Å². The Balaban J connectivity index is 2.07. The molecule has 3 nitrogen and oxygen atoms in total. The first-order valence-electron chi connectivity index (χ1n) is 7.89. The molecule has 1 saturated heterocycles. The van der Waals surface area contributed by atoms with E-state index in [-0.39, 0.29) is 11.9 Å². The van der Waals surface area contributed by atoms with Gasteiger partial charge in [-0.25, -0.2) is 4.39 Å². The molecule has 0 aromatic heterocycles. The van der Waals surface area contributed by atoms with Crippen molar-refractivity contribution in [2.45, 2.75) is 39.4 Å². The third kappa shape index (κ3) is 4.43. The van der Waals surface area contributed by atoms with Crippen molar-refractivity contribution in [3.8, 4) is 0 Å². The smallest absolute Gasteiger partial charge is 0.251 e. The van der Waals surface area contributed by atoms with Crippen molar-refractivity contribution in [2.24, 2.45) is 5.92 Å². The monoisotopic (exact) mass is 326 g/mol. The highest BCUT2D eigenvalue weighted by Gasteiger charge is 2.23. The van der Waals surface area contributed by atoms with Gasteiger partial charge in [0, 0.05) is 23.2 Å². The van der Waals surface area contributed by atoms with Gasteiger partial charge in [-0.15, -0.1) is 0 Å². The number of likely N-dealkylation sites (tertiary alicyclic amines) is 1. The van der Waals surface area contributed by atoms with Crippen molar-refractivity contribution in [1.29, 1.82) is 0 Å². The lowest BCUT2D eigenvalue weighted by Gasteiger charge is -2.27. The fourth-order valence-electron chi connectivity index (χ4n) is 2.81. The number of carbonyl (C=O) groups is 1. The number of amides is 1. The minimum Gasteiger partial charge on any atom is -0.348 e. The zero-order valence-corrected chi connectivity index (χ0v) is 14.0. The fourth-order valence-corrected chi connectivity index (χ4v) is 3.00. The van der Waals surface area contributed by atoms with Gasteiger partial charge in [0.2, 0.25) is 0 Å². The van der Waals surface area contributed by atoms with Gasteiger partial charge < -0.3 is 10.2 Å². The molecular weight excluding hydrogens is 303 g/mol. The summed E-state index contributed by atoms with van der Waals surface area (Å²) >= 11 is 5.86. The van der Waals surface area contributed by atoms with Gasteiger partial charge in [0.1, 0.15) is 6.67 Å². The summed E-state index contributed by atoms with van der Waals surface area (Å²) < 4.78 is 13.1. The van der Waals surface area contributed by atoms with Crippen LogP contribution in [0.3, 0.4) is 0 Å². The molecule has 5 heteroatoms. The van der Waals surface area contributed by atoms with Gasteiger partial charge in [-0.1, -0.05) is 25.4 Å². The molecule has 1 N–H and O–H groups in total. The Morgan fingerprint density at radius 1 is 1.36 bits per heavy atom. The minimum absolute atomic E-state index is 0.0636. The lowest BCUT2D eigenvalue weighted by molar-refractivity contribution is 0.0911. The molecule has 1 amide bonds. The normalized spacial score (nSPS) is 17.0. The zero-order valence-electron chi connectivity index (χ0n) is 13.2. The fraction of sp³-hybridized carbons (Fsp3) is 0.588. The number of nitrogens with one attached hydrogen (secondary N) is 1. The van der Waals surface area contributed by atoms with Crippen LogP contribution in [0.5, 0.6) is 0 Å². The van der Waals surface area contributed by atoms with Crippen LogP contribution in [0.2, 0.25) is 5.02 Å². The third-order valence-electron chi connectivity index (χ3n) is 4.23. The molecule has 1 fully saturated rings. The largest absolute Gasteiger partial charge is 0.348 e. The Labute approximate surface area is 136 Å². The van der Waals surface area contributed by atoms with Crippen molar-refractivity contribution in [3.05, 3.63) is 34.3 Å². The SMILES string of the molecule is CC(C)C(CN1CCCC1)NC(=O)c1ccc(Cl)cc1CF. The van der Waals surface area contributed by atoms with Crippen LogP contribution < -0.4 is 5.32 Å². The number of alkyl halides is 1. The Kier molecular flexibility index (Phi) is 6.21. The van der Waals surface area contributed by atoms with Gasteiger partial charge >= 0.3 is 0 Å². The summed E-state index contributed by atoms with van der Waals surface area (Å²) in [4.78, 5) is 14.9. The summed E-state index contributed by atoms with van der Waals surface area (Å²) in [7, 11) is 0. The number of carbonyl (C=O) groups excluding carboxylic acids is 1. The van der Waals surface area contributed by atoms with Crippen molar-refractivity contribution < 1.29 is 9.18 Å². The molecule has 0 saturated carbocycles. The summed E-state index contributed by atoms with van der Waals surface area (Å²) in [5.74, 6) is 0.105. The maximum absolute atomic E-state index is 13.1. The van der Waals surface area contributed by atoms with Crippen molar-refractivity contribution in [2.75, 3.05) is 19.6 Å². The molecule has 0 aliphatic carbocycles. The van der Waals surface area contributed by atoms with E-state index in [4.69, 9.17) is 11.6 Å². The van der Waals surface area contributed by atoms with E-state index in [1.165, 1.54) is 18.9 Å². The first-order chi connectivity index (χ1) is 10.5. The van der Waals surface area contributed by atoms with Crippen LogP contribution in [0.1, 0.15) is 42.6 Å². The van der Waals surface area contributed by atoms with Crippen molar-refractivity contribution in [3.63, 3.8) is 0 Å². The molecule has 0 bridgehead atoms. The Hall–Kier alpha value is -1.13. The molecule has 1 atom stereocenters. The van der Waals surface area contributed by atoms with Crippen LogP contribution in [-0.4, -0.2) is 36.5 Å². The molecule has 0 spiro atoms. The summed E-state index contributed by atoms with van der Waals surface area (Å²) in [6, 6.07) is 4.80. The maximum atomic E-state index is 13.1. The minimum atomic E-state index is -0.693. The maximum Gasteiger partial charge on any atom is 0.251 e. The van der Waals surface area contributed by atoms with Crippen LogP contribution in [0, 0.1) is 5.92 Å². The highest BCUT2D eigenvalue weighted by Crippen LogP contribution is 2.18. The van der Waals surface area contributed by atoms with E-state index >= 15 is 0 Å². The first-order valence-corrected chi connectivity index (χ1v) is 8.26. The lowest BCUT2D eigenvalue weighted by Crippen LogP contribution is -2.46. The first kappa shape index (κ1) is 17.2. The molecule has 22 heavy (non-hydrogen) atoms. The topological polar surface area (TPSA) is 32.3 Å². The highest BCUT2D eigenvalue weighted by molar-refractivity contribution is 6.30. The second-order valence-corrected chi connectivity index (χ2v) is 6.70. The Morgan fingerprint density at radius 3 is 2.64 bits per heavy atom.